The average Bonchev–Trinajstić information content (AvgIpc) is 2.91. The summed E-state index contributed by atoms with van der Waals surface area (Å²) in [7, 11) is 0. The summed E-state index contributed by atoms with van der Waals surface area (Å²) >= 11 is 0. The van der Waals surface area contributed by atoms with Crippen LogP contribution < -0.4 is 5.32 Å². The number of nitriles is 1. The highest BCUT2D eigenvalue weighted by molar-refractivity contribution is 6.02. The molecule has 3 aromatic heterocycles. The summed E-state index contributed by atoms with van der Waals surface area (Å²) in [4.78, 5) is 18.6. The van der Waals surface area contributed by atoms with Crippen molar-refractivity contribution >= 4 is 16.7 Å². The van der Waals surface area contributed by atoms with Crippen molar-refractivity contribution in [2.24, 2.45) is 0 Å². The van der Waals surface area contributed by atoms with Crippen LogP contribution in [0.25, 0.3) is 33.4 Å². The molecule has 0 spiro atoms. The van der Waals surface area contributed by atoms with Gasteiger partial charge in [-0.3, -0.25) is 9.97 Å². The molecule has 34 heavy (non-hydrogen) atoms. The zero-order valence-electron chi connectivity index (χ0n) is 18.7. The van der Waals surface area contributed by atoms with Gasteiger partial charge in [0.15, 0.2) is 5.82 Å². The lowest BCUT2D eigenvalue weighted by Gasteiger charge is -2.15. The van der Waals surface area contributed by atoms with Crippen molar-refractivity contribution in [3.8, 4) is 28.6 Å². The maximum Gasteiger partial charge on any atom is 0.164 e. The molecule has 0 atom stereocenters. The molecule has 0 aliphatic rings. The minimum Gasteiger partial charge on any atom is -0.364 e. The monoisotopic (exact) mass is 442 g/mol. The first kappa shape index (κ1) is 21.2. The summed E-state index contributed by atoms with van der Waals surface area (Å²) in [5, 5.41) is 14.0. The third kappa shape index (κ3) is 4.07. The van der Waals surface area contributed by atoms with Crippen molar-refractivity contribution in [1.82, 2.24) is 19.9 Å². The van der Waals surface area contributed by atoms with Crippen molar-refractivity contribution in [3.05, 3.63) is 102 Å². The predicted molar refractivity (Wildman–Crippen MR) is 134 cm³/mol. The molecule has 0 saturated heterocycles. The SMILES string of the molecule is CCc1c(C#N)cncc1-c1nc(NCc2ccccn2)c2c(-c3ccccc3)cccc2n1. The largest absolute Gasteiger partial charge is 0.364 e. The van der Waals surface area contributed by atoms with Crippen LogP contribution in [0.5, 0.6) is 0 Å². The van der Waals surface area contributed by atoms with Crippen LogP contribution >= 0.6 is 0 Å². The second-order valence-electron chi connectivity index (χ2n) is 7.81. The summed E-state index contributed by atoms with van der Waals surface area (Å²) in [6.45, 7) is 2.54. The molecule has 0 amide bonds. The highest BCUT2D eigenvalue weighted by Crippen LogP contribution is 2.35. The van der Waals surface area contributed by atoms with Crippen LogP contribution in [0.4, 0.5) is 5.82 Å². The van der Waals surface area contributed by atoms with Crippen LogP contribution in [0, 0.1) is 11.3 Å². The number of anilines is 1. The van der Waals surface area contributed by atoms with Crippen molar-refractivity contribution in [2.75, 3.05) is 5.32 Å². The molecule has 0 aliphatic carbocycles. The highest BCUT2D eigenvalue weighted by Gasteiger charge is 2.17. The number of nitrogens with zero attached hydrogens (tertiary/aromatic N) is 5. The number of benzene rings is 2. The van der Waals surface area contributed by atoms with Gasteiger partial charge in [-0.1, -0.05) is 55.5 Å². The van der Waals surface area contributed by atoms with Gasteiger partial charge >= 0.3 is 0 Å². The molecule has 6 heteroatoms. The zero-order valence-corrected chi connectivity index (χ0v) is 18.7. The summed E-state index contributed by atoms with van der Waals surface area (Å²) in [5.41, 5.74) is 6.08. The van der Waals surface area contributed by atoms with Gasteiger partial charge in [-0.15, -0.1) is 0 Å². The van der Waals surface area contributed by atoms with Gasteiger partial charge in [0.2, 0.25) is 0 Å². The molecule has 0 unspecified atom stereocenters. The quantitative estimate of drug-likeness (QED) is 0.358. The molecule has 0 saturated carbocycles. The molecular weight excluding hydrogens is 420 g/mol. The predicted octanol–water partition coefficient (Wildman–Crippen LogP) is 5.80. The molecule has 2 aromatic carbocycles. The number of rotatable bonds is 6. The average molecular weight is 443 g/mol. The topological polar surface area (TPSA) is 87.4 Å². The summed E-state index contributed by atoms with van der Waals surface area (Å²) in [6.07, 6.45) is 5.80. The number of nitrogens with one attached hydrogen (secondary N) is 1. The Hall–Kier alpha value is -4.63. The lowest BCUT2D eigenvalue weighted by Crippen LogP contribution is -2.07. The van der Waals surface area contributed by atoms with Crippen molar-refractivity contribution in [3.63, 3.8) is 0 Å². The second kappa shape index (κ2) is 9.47. The number of hydrogen-bond donors (Lipinski definition) is 1. The molecule has 3 heterocycles. The number of fused-ring (bicyclic) bond motifs is 1. The number of pyridine rings is 2. The van der Waals surface area contributed by atoms with E-state index in [-0.39, 0.29) is 0 Å². The molecule has 6 nitrogen and oxygen atoms in total. The normalized spacial score (nSPS) is 10.7. The van der Waals surface area contributed by atoms with Gasteiger partial charge in [0.25, 0.3) is 0 Å². The van der Waals surface area contributed by atoms with E-state index in [0.717, 1.165) is 44.7 Å². The fraction of sp³-hybridized carbons (Fsp3) is 0.107. The van der Waals surface area contributed by atoms with Crippen LogP contribution in [0.3, 0.4) is 0 Å². The van der Waals surface area contributed by atoms with E-state index in [0.29, 0.717) is 24.4 Å². The molecule has 0 aliphatic heterocycles. The van der Waals surface area contributed by atoms with Gasteiger partial charge in [-0.2, -0.15) is 5.26 Å². The van der Waals surface area contributed by atoms with E-state index in [1.807, 2.05) is 55.5 Å². The van der Waals surface area contributed by atoms with E-state index in [1.54, 1.807) is 18.6 Å². The van der Waals surface area contributed by atoms with E-state index in [1.165, 1.54) is 0 Å². The standard InChI is InChI=1S/C28H22N6/c1-2-22-20(15-29)16-30-18-24(22)27-33-25-13-8-12-23(19-9-4-3-5-10-19)26(25)28(34-27)32-17-21-11-6-7-14-31-21/h3-14,16,18H,2,17H2,1H3,(H,32,33,34). The van der Waals surface area contributed by atoms with Gasteiger partial charge in [0, 0.05) is 24.2 Å². The zero-order chi connectivity index (χ0) is 23.3. The Labute approximate surface area is 198 Å². The molecule has 164 valence electrons. The van der Waals surface area contributed by atoms with Gasteiger partial charge in [-0.25, -0.2) is 9.97 Å². The lowest BCUT2D eigenvalue weighted by atomic mass is 9.99. The fourth-order valence-electron chi connectivity index (χ4n) is 4.12. The molecule has 0 radical (unpaired) electrons. The van der Waals surface area contributed by atoms with Crippen LogP contribution in [0.15, 0.2) is 85.3 Å². The minimum absolute atomic E-state index is 0.520. The summed E-state index contributed by atoms with van der Waals surface area (Å²) in [5.74, 6) is 1.26. The second-order valence-corrected chi connectivity index (χ2v) is 7.81. The molecule has 0 fully saturated rings. The van der Waals surface area contributed by atoms with Gasteiger partial charge in [-0.05, 0) is 41.3 Å². The maximum absolute atomic E-state index is 9.57. The van der Waals surface area contributed by atoms with Crippen LogP contribution in [-0.2, 0) is 13.0 Å². The Balaban J connectivity index is 1.72. The van der Waals surface area contributed by atoms with E-state index < -0.39 is 0 Å². The first-order valence-electron chi connectivity index (χ1n) is 11.2. The fourth-order valence-corrected chi connectivity index (χ4v) is 4.12. The van der Waals surface area contributed by atoms with Crippen LogP contribution in [-0.4, -0.2) is 19.9 Å². The molecule has 0 bridgehead atoms. The van der Waals surface area contributed by atoms with Gasteiger partial charge in [0.1, 0.15) is 11.9 Å². The first-order chi connectivity index (χ1) is 16.8. The highest BCUT2D eigenvalue weighted by atomic mass is 15.0. The van der Waals surface area contributed by atoms with Crippen LogP contribution in [0.1, 0.15) is 23.7 Å². The van der Waals surface area contributed by atoms with Crippen LogP contribution in [0.2, 0.25) is 0 Å². The Morgan fingerprint density at radius 2 is 1.74 bits per heavy atom. The Bertz CT molecular complexity index is 1490. The summed E-state index contributed by atoms with van der Waals surface area (Å²) < 4.78 is 0. The molecule has 5 aromatic rings. The maximum atomic E-state index is 9.57. The van der Waals surface area contributed by atoms with Gasteiger partial charge < -0.3 is 5.32 Å². The van der Waals surface area contributed by atoms with Crippen molar-refractivity contribution < 1.29 is 0 Å². The van der Waals surface area contributed by atoms with E-state index in [9.17, 15) is 5.26 Å². The van der Waals surface area contributed by atoms with E-state index in [2.05, 4.69) is 39.6 Å². The summed E-state index contributed by atoms with van der Waals surface area (Å²) in [6, 6.07) is 24.4. The third-order valence-corrected chi connectivity index (χ3v) is 5.74. The van der Waals surface area contributed by atoms with E-state index in [4.69, 9.17) is 9.97 Å². The number of hydrogen-bond acceptors (Lipinski definition) is 6. The third-order valence-electron chi connectivity index (χ3n) is 5.74. The Morgan fingerprint density at radius 3 is 2.50 bits per heavy atom. The number of aromatic nitrogens is 4. The first-order valence-corrected chi connectivity index (χ1v) is 11.2. The Kier molecular flexibility index (Phi) is 5.91. The lowest BCUT2D eigenvalue weighted by molar-refractivity contribution is 1.03. The molecule has 5 rings (SSSR count). The molecule has 1 N–H and O–H groups in total. The Morgan fingerprint density at radius 1 is 0.882 bits per heavy atom. The van der Waals surface area contributed by atoms with Crippen molar-refractivity contribution in [1.29, 1.82) is 5.26 Å². The van der Waals surface area contributed by atoms with Gasteiger partial charge in [0.05, 0.1) is 28.7 Å². The van der Waals surface area contributed by atoms with E-state index >= 15 is 0 Å². The minimum atomic E-state index is 0.520. The molecular formula is C28H22N6. The smallest absolute Gasteiger partial charge is 0.164 e. The van der Waals surface area contributed by atoms with Crippen molar-refractivity contribution in [2.45, 2.75) is 19.9 Å².